The Labute approximate surface area is 124 Å². The van der Waals surface area contributed by atoms with Gasteiger partial charge in [-0.05, 0) is 25.7 Å². The van der Waals surface area contributed by atoms with Crippen molar-refractivity contribution in [1.29, 1.82) is 0 Å². The summed E-state index contributed by atoms with van der Waals surface area (Å²) in [6, 6.07) is -0.896. The van der Waals surface area contributed by atoms with E-state index in [1.54, 1.807) is 0 Å². The van der Waals surface area contributed by atoms with Gasteiger partial charge in [0.25, 0.3) is 0 Å². The first kappa shape index (κ1) is 15.6. The zero-order valence-corrected chi connectivity index (χ0v) is 12.4. The van der Waals surface area contributed by atoms with Gasteiger partial charge in [0.05, 0.1) is 6.42 Å². The molecule has 0 aromatic heterocycles. The number of nitrogens with zero attached hydrogens (tertiary/aromatic N) is 2. The molecule has 7 heteroatoms. The number of carbonyl (C=O) groups excluding carboxylic acids is 2. The molecule has 3 amide bonds. The average Bonchev–Trinajstić information content (AvgIpc) is 2.48. The third-order valence-electron chi connectivity index (χ3n) is 4.29. The molecule has 0 aliphatic carbocycles. The number of hydrogen-bond donors (Lipinski definition) is 2. The number of aliphatic carboxylic acids is 1. The van der Waals surface area contributed by atoms with Gasteiger partial charge in [-0.3, -0.25) is 9.59 Å². The quantitative estimate of drug-likeness (QED) is 0.800. The van der Waals surface area contributed by atoms with Crippen LogP contribution in [-0.4, -0.2) is 64.5 Å². The Kier molecular flexibility index (Phi) is 5.03. The van der Waals surface area contributed by atoms with E-state index in [0.717, 1.165) is 25.7 Å². The van der Waals surface area contributed by atoms with Crippen molar-refractivity contribution in [2.75, 3.05) is 19.6 Å². The normalized spacial score (nSPS) is 26.4. The van der Waals surface area contributed by atoms with Crippen molar-refractivity contribution in [3.63, 3.8) is 0 Å². The Bertz CT molecular complexity index is 426. The van der Waals surface area contributed by atoms with Gasteiger partial charge in [-0.1, -0.05) is 6.92 Å². The molecule has 2 fully saturated rings. The maximum atomic E-state index is 12.7. The van der Waals surface area contributed by atoms with Gasteiger partial charge < -0.3 is 20.2 Å². The molecule has 0 aromatic rings. The van der Waals surface area contributed by atoms with E-state index in [4.69, 9.17) is 5.11 Å². The molecule has 2 unspecified atom stereocenters. The molecule has 2 saturated heterocycles. The molecule has 7 nitrogen and oxygen atoms in total. The molecule has 2 rings (SSSR count). The van der Waals surface area contributed by atoms with E-state index >= 15 is 0 Å². The summed E-state index contributed by atoms with van der Waals surface area (Å²) in [6.45, 7) is 3.49. The van der Waals surface area contributed by atoms with Gasteiger partial charge in [0.15, 0.2) is 0 Å². The van der Waals surface area contributed by atoms with Gasteiger partial charge in [0.1, 0.15) is 6.04 Å². The van der Waals surface area contributed by atoms with E-state index in [9.17, 15) is 14.4 Å². The third-order valence-corrected chi connectivity index (χ3v) is 4.29. The number of piperidine rings is 1. The lowest BCUT2D eigenvalue weighted by Gasteiger charge is -2.42. The van der Waals surface area contributed by atoms with E-state index in [1.807, 2.05) is 11.8 Å². The number of rotatable bonds is 3. The first-order valence-corrected chi connectivity index (χ1v) is 7.61. The standard InChI is InChI=1S/C14H23N3O4/c1-2-10-5-3-4-7-16(10)14(21)17-8-6-15-13(20)11(17)9-12(18)19/h10-11H,2-9H2,1H3,(H,15,20)(H,18,19). The van der Waals surface area contributed by atoms with E-state index in [-0.39, 0.29) is 24.4 Å². The second-order valence-electron chi connectivity index (χ2n) is 5.63. The fourth-order valence-corrected chi connectivity index (χ4v) is 3.15. The molecule has 0 aromatic carbocycles. The Morgan fingerprint density at radius 2 is 2.05 bits per heavy atom. The van der Waals surface area contributed by atoms with E-state index in [2.05, 4.69) is 5.32 Å². The van der Waals surface area contributed by atoms with E-state index in [0.29, 0.717) is 19.6 Å². The lowest BCUT2D eigenvalue weighted by Crippen LogP contribution is -2.62. The minimum Gasteiger partial charge on any atom is -0.481 e. The highest BCUT2D eigenvalue weighted by Crippen LogP contribution is 2.22. The zero-order chi connectivity index (χ0) is 15.4. The predicted molar refractivity (Wildman–Crippen MR) is 75.8 cm³/mol. The van der Waals surface area contributed by atoms with Gasteiger partial charge in [0.2, 0.25) is 5.91 Å². The summed E-state index contributed by atoms with van der Waals surface area (Å²) in [5.41, 5.74) is 0. The van der Waals surface area contributed by atoms with Gasteiger partial charge >= 0.3 is 12.0 Å². The molecule has 0 saturated carbocycles. The van der Waals surface area contributed by atoms with Gasteiger partial charge in [0, 0.05) is 25.7 Å². The molecule has 0 radical (unpaired) electrons. The highest BCUT2D eigenvalue weighted by atomic mass is 16.4. The lowest BCUT2D eigenvalue weighted by molar-refractivity contribution is -0.142. The summed E-state index contributed by atoms with van der Waals surface area (Å²) in [7, 11) is 0. The number of hydrogen-bond acceptors (Lipinski definition) is 3. The smallest absolute Gasteiger partial charge is 0.321 e. The maximum absolute atomic E-state index is 12.7. The molecular formula is C14H23N3O4. The molecule has 0 spiro atoms. The van der Waals surface area contributed by atoms with Crippen molar-refractivity contribution in [2.45, 2.75) is 51.1 Å². The molecule has 0 bridgehead atoms. The van der Waals surface area contributed by atoms with Crippen LogP contribution in [0.2, 0.25) is 0 Å². The third kappa shape index (κ3) is 3.46. The highest BCUT2D eigenvalue weighted by Gasteiger charge is 2.38. The first-order valence-electron chi connectivity index (χ1n) is 7.61. The van der Waals surface area contributed by atoms with Crippen LogP contribution >= 0.6 is 0 Å². The second-order valence-corrected chi connectivity index (χ2v) is 5.63. The van der Waals surface area contributed by atoms with Crippen molar-refractivity contribution in [3.8, 4) is 0 Å². The Morgan fingerprint density at radius 3 is 2.71 bits per heavy atom. The molecule has 2 aliphatic heterocycles. The first-order chi connectivity index (χ1) is 10.0. The van der Waals surface area contributed by atoms with Crippen LogP contribution in [0.25, 0.3) is 0 Å². The minimum absolute atomic E-state index is 0.192. The van der Waals surface area contributed by atoms with Crippen molar-refractivity contribution in [3.05, 3.63) is 0 Å². The Hall–Kier alpha value is -1.79. The van der Waals surface area contributed by atoms with Crippen LogP contribution in [-0.2, 0) is 9.59 Å². The SMILES string of the molecule is CCC1CCCCN1C(=O)N1CCNC(=O)C1CC(=O)O. The topological polar surface area (TPSA) is 90.0 Å². The van der Waals surface area contributed by atoms with Crippen LogP contribution in [0.15, 0.2) is 0 Å². The minimum atomic E-state index is -1.07. The average molecular weight is 297 g/mol. The predicted octanol–water partition coefficient (Wildman–Crippen LogP) is 0.646. The van der Waals surface area contributed by atoms with E-state index in [1.165, 1.54) is 4.90 Å². The fraction of sp³-hybridized carbons (Fsp3) is 0.786. The van der Waals surface area contributed by atoms with Crippen molar-refractivity contribution in [2.24, 2.45) is 0 Å². The molecule has 2 heterocycles. The van der Waals surface area contributed by atoms with Gasteiger partial charge in [-0.25, -0.2) is 4.79 Å². The van der Waals surface area contributed by atoms with Crippen LogP contribution in [0.3, 0.4) is 0 Å². The summed E-state index contributed by atoms with van der Waals surface area (Å²) >= 11 is 0. The molecule has 2 N–H and O–H groups in total. The van der Waals surface area contributed by atoms with Crippen LogP contribution < -0.4 is 5.32 Å². The van der Waals surface area contributed by atoms with Crippen LogP contribution in [0, 0.1) is 0 Å². The lowest BCUT2D eigenvalue weighted by atomic mass is 10.00. The zero-order valence-electron chi connectivity index (χ0n) is 12.4. The number of carbonyl (C=O) groups is 3. The molecule has 118 valence electrons. The number of carboxylic acids is 1. The second kappa shape index (κ2) is 6.78. The van der Waals surface area contributed by atoms with Crippen LogP contribution in [0.4, 0.5) is 4.79 Å². The van der Waals surface area contributed by atoms with Crippen molar-refractivity contribution >= 4 is 17.9 Å². The number of piperazine rings is 1. The maximum Gasteiger partial charge on any atom is 0.321 e. The Morgan fingerprint density at radius 1 is 1.29 bits per heavy atom. The fourth-order valence-electron chi connectivity index (χ4n) is 3.15. The number of urea groups is 1. The summed E-state index contributed by atoms with van der Waals surface area (Å²) < 4.78 is 0. The van der Waals surface area contributed by atoms with Crippen molar-refractivity contribution < 1.29 is 19.5 Å². The number of carboxylic acid groups (broad SMARTS) is 1. The molecule has 21 heavy (non-hydrogen) atoms. The van der Waals surface area contributed by atoms with Crippen LogP contribution in [0.1, 0.15) is 39.0 Å². The number of nitrogens with one attached hydrogen (secondary N) is 1. The summed E-state index contributed by atoms with van der Waals surface area (Å²) in [6.07, 6.45) is 3.59. The van der Waals surface area contributed by atoms with Crippen molar-refractivity contribution in [1.82, 2.24) is 15.1 Å². The van der Waals surface area contributed by atoms with Gasteiger partial charge in [-0.2, -0.15) is 0 Å². The Balaban J connectivity index is 2.14. The molecular weight excluding hydrogens is 274 g/mol. The summed E-state index contributed by atoms with van der Waals surface area (Å²) in [5, 5.41) is 11.6. The highest BCUT2D eigenvalue weighted by molar-refractivity contribution is 5.91. The molecule has 2 atom stereocenters. The molecule has 2 aliphatic rings. The van der Waals surface area contributed by atoms with Crippen LogP contribution in [0.5, 0.6) is 0 Å². The summed E-state index contributed by atoms with van der Waals surface area (Å²) in [4.78, 5) is 38.8. The van der Waals surface area contributed by atoms with Gasteiger partial charge in [-0.15, -0.1) is 0 Å². The number of amides is 3. The number of likely N-dealkylation sites (tertiary alicyclic amines) is 1. The largest absolute Gasteiger partial charge is 0.481 e. The van der Waals surface area contributed by atoms with E-state index < -0.39 is 12.0 Å². The monoisotopic (exact) mass is 297 g/mol. The summed E-state index contributed by atoms with van der Waals surface area (Å²) in [5.74, 6) is -1.44.